The van der Waals surface area contributed by atoms with Gasteiger partial charge >= 0.3 is 0 Å². The van der Waals surface area contributed by atoms with Crippen molar-refractivity contribution in [2.75, 3.05) is 32.7 Å². The fourth-order valence-electron chi connectivity index (χ4n) is 3.38. The summed E-state index contributed by atoms with van der Waals surface area (Å²) in [5.74, 6) is 0. The topological polar surface area (TPSA) is 41.8 Å². The van der Waals surface area contributed by atoms with Gasteiger partial charge in [0.2, 0.25) is 10.0 Å². The van der Waals surface area contributed by atoms with Crippen molar-refractivity contribution < 1.29 is 13.3 Å². The summed E-state index contributed by atoms with van der Waals surface area (Å²) in [4.78, 5) is 1.94. The predicted octanol–water partition coefficient (Wildman–Crippen LogP) is 1.44. The normalized spacial score (nSPS) is 16.9. The highest BCUT2D eigenvalue weighted by Crippen LogP contribution is 2.21. The zero-order valence-corrected chi connectivity index (χ0v) is 15.8. The number of hydrogen-bond acceptors (Lipinski definition) is 2. The van der Waals surface area contributed by atoms with Crippen LogP contribution in [0.2, 0.25) is 0 Å². The Bertz CT molecular complexity index is 811. The standard InChI is InChI=1S/C20H26N2O2S/c1-17-8-9-18(2)20(16-17)25(23,24)22-14-12-21(13-15-22)11-10-19-6-4-3-5-7-19/h3-9,16H,10-15H2,1-2H3/p+1. The zero-order valence-electron chi connectivity index (χ0n) is 15.0. The van der Waals surface area contributed by atoms with Crippen LogP contribution < -0.4 is 4.90 Å². The molecule has 1 aliphatic rings. The highest BCUT2D eigenvalue weighted by atomic mass is 32.2. The van der Waals surface area contributed by atoms with Crippen molar-refractivity contribution in [3.8, 4) is 0 Å². The van der Waals surface area contributed by atoms with E-state index < -0.39 is 10.0 Å². The Morgan fingerprint density at radius 3 is 2.36 bits per heavy atom. The van der Waals surface area contributed by atoms with E-state index in [0.29, 0.717) is 18.0 Å². The van der Waals surface area contributed by atoms with Gasteiger partial charge in [-0.25, -0.2) is 8.42 Å². The highest BCUT2D eigenvalue weighted by Gasteiger charge is 2.31. The summed E-state index contributed by atoms with van der Waals surface area (Å²) in [6, 6.07) is 16.1. The van der Waals surface area contributed by atoms with Gasteiger partial charge in [-0.2, -0.15) is 4.31 Å². The molecule has 0 unspecified atom stereocenters. The van der Waals surface area contributed by atoms with Crippen molar-refractivity contribution in [3.05, 3.63) is 65.2 Å². The van der Waals surface area contributed by atoms with E-state index >= 15 is 0 Å². The zero-order chi connectivity index (χ0) is 17.9. The molecule has 5 heteroatoms. The smallest absolute Gasteiger partial charge is 0.243 e. The Morgan fingerprint density at radius 2 is 1.68 bits per heavy atom. The van der Waals surface area contributed by atoms with E-state index in [4.69, 9.17) is 0 Å². The van der Waals surface area contributed by atoms with E-state index in [1.807, 2.05) is 32.0 Å². The summed E-state index contributed by atoms with van der Waals surface area (Å²) in [5.41, 5.74) is 3.15. The number of benzene rings is 2. The van der Waals surface area contributed by atoms with Crippen LogP contribution in [0.15, 0.2) is 53.4 Å². The Hall–Kier alpha value is -1.69. The average Bonchev–Trinajstić information content (AvgIpc) is 2.63. The molecule has 0 radical (unpaired) electrons. The number of aryl methyl sites for hydroxylation is 2. The highest BCUT2D eigenvalue weighted by molar-refractivity contribution is 7.89. The first-order valence-electron chi connectivity index (χ1n) is 8.92. The minimum absolute atomic E-state index is 0.459. The van der Waals surface area contributed by atoms with Gasteiger partial charge in [-0.05, 0) is 36.6 Å². The first-order chi connectivity index (χ1) is 12.0. The van der Waals surface area contributed by atoms with E-state index in [1.54, 1.807) is 10.4 Å². The molecular weight excluding hydrogens is 332 g/mol. The van der Waals surface area contributed by atoms with Crippen LogP contribution in [0, 0.1) is 13.8 Å². The van der Waals surface area contributed by atoms with Gasteiger partial charge in [-0.15, -0.1) is 0 Å². The number of sulfonamides is 1. The minimum Gasteiger partial charge on any atom is -0.332 e. The molecule has 0 aromatic heterocycles. The lowest BCUT2D eigenvalue weighted by molar-refractivity contribution is -0.903. The first-order valence-corrected chi connectivity index (χ1v) is 10.4. The third kappa shape index (κ3) is 4.29. The van der Waals surface area contributed by atoms with Gasteiger partial charge in [0.05, 0.1) is 37.6 Å². The molecule has 1 saturated heterocycles. The molecule has 134 valence electrons. The van der Waals surface area contributed by atoms with Gasteiger partial charge in [-0.3, -0.25) is 0 Å². The Kier molecular flexibility index (Phi) is 5.57. The molecule has 2 aromatic carbocycles. The van der Waals surface area contributed by atoms with Crippen LogP contribution in [0.5, 0.6) is 0 Å². The van der Waals surface area contributed by atoms with Gasteiger partial charge in [0.1, 0.15) is 0 Å². The molecule has 1 N–H and O–H groups in total. The largest absolute Gasteiger partial charge is 0.332 e. The fourth-order valence-corrected chi connectivity index (χ4v) is 5.13. The minimum atomic E-state index is -3.39. The quantitative estimate of drug-likeness (QED) is 0.878. The SMILES string of the molecule is Cc1ccc(C)c(S(=O)(=O)N2CC[NH+](CCc3ccccc3)CC2)c1. The fraction of sp³-hybridized carbons (Fsp3) is 0.400. The van der Waals surface area contributed by atoms with Crippen molar-refractivity contribution in [3.63, 3.8) is 0 Å². The summed E-state index contributed by atoms with van der Waals surface area (Å²) < 4.78 is 27.6. The van der Waals surface area contributed by atoms with E-state index in [-0.39, 0.29) is 0 Å². The molecule has 3 rings (SSSR count). The lowest BCUT2D eigenvalue weighted by Crippen LogP contribution is -3.15. The van der Waals surface area contributed by atoms with Crippen molar-refractivity contribution in [2.45, 2.75) is 25.2 Å². The van der Waals surface area contributed by atoms with Crippen LogP contribution in [0.25, 0.3) is 0 Å². The molecule has 25 heavy (non-hydrogen) atoms. The van der Waals surface area contributed by atoms with Gasteiger partial charge in [-0.1, -0.05) is 42.5 Å². The van der Waals surface area contributed by atoms with Crippen LogP contribution >= 0.6 is 0 Å². The molecule has 0 amide bonds. The molecule has 1 fully saturated rings. The number of quaternary nitrogens is 1. The Labute approximate surface area is 151 Å². The number of nitrogens with one attached hydrogen (secondary N) is 1. The molecule has 0 spiro atoms. The first kappa shape index (κ1) is 18.1. The maximum absolute atomic E-state index is 13.0. The third-order valence-corrected chi connectivity index (χ3v) is 7.04. The average molecular weight is 360 g/mol. The van der Waals surface area contributed by atoms with Crippen LogP contribution in [0.1, 0.15) is 16.7 Å². The second-order valence-corrected chi connectivity index (χ2v) is 8.81. The maximum atomic E-state index is 13.0. The monoisotopic (exact) mass is 359 g/mol. The molecule has 1 heterocycles. The Balaban J connectivity index is 1.60. The molecule has 0 bridgehead atoms. The summed E-state index contributed by atoms with van der Waals surface area (Å²) in [7, 11) is -3.39. The van der Waals surface area contributed by atoms with E-state index in [2.05, 4.69) is 24.3 Å². The second-order valence-electron chi connectivity index (χ2n) is 6.91. The Morgan fingerprint density at radius 1 is 1.00 bits per heavy atom. The van der Waals surface area contributed by atoms with Crippen LogP contribution in [0.4, 0.5) is 0 Å². The van der Waals surface area contributed by atoms with Crippen molar-refractivity contribution in [2.24, 2.45) is 0 Å². The van der Waals surface area contributed by atoms with Gasteiger partial charge < -0.3 is 4.90 Å². The summed E-state index contributed by atoms with van der Waals surface area (Å²) in [5, 5.41) is 0. The number of nitrogens with zero attached hydrogens (tertiary/aromatic N) is 1. The van der Waals surface area contributed by atoms with Gasteiger partial charge in [0, 0.05) is 6.42 Å². The molecule has 0 saturated carbocycles. The number of rotatable bonds is 5. The van der Waals surface area contributed by atoms with Crippen LogP contribution in [-0.2, 0) is 16.4 Å². The number of hydrogen-bond donors (Lipinski definition) is 1. The van der Waals surface area contributed by atoms with Gasteiger partial charge in [0.25, 0.3) is 0 Å². The van der Waals surface area contributed by atoms with Crippen molar-refractivity contribution in [1.82, 2.24) is 4.31 Å². The van der Waals surface area contributed by atoms with Crippen LogP contribution in [0.3, 0.4) is 0 Å². The molecule has 0 atom stereocenters. The van der Waals surface area contributed by atoms with E-state index in [1.165, 1.54) is 10.5 Å². The lowest BCUT2D eigenvalue weighted by atomic mass is 10.1. The van der Waals surface area contributed by atoms with Gasteiger partial charge in [0.15, 0.2) is 0 Å². The third-order valence-electron chi connectivity index (χ3n) is 5.00. The summed E-state index contributed by atoms with van der Waals surface area (Å²) in [6.45, 7) is 7.80. The maximum Gasteiger partial charge on any atom is 0.243 e. The molecule has 1 aliphatic heterocycles. The predicted molar refractivity (Wildman–Crippen MR) is 100 cm³/mol. The van der Waals surface area contributed by atoms with E-state index in [0.717, 1.165) is 37.2 Å². The lowest BCUT2D eigenvalue weighted by Gasteiger charge is -2.32. The van der Waals surface area contributed by atoms with Crippen molar-refractivity contribution >= 4 is 10.0 Å². The van der Waals surface area contributed by atoms with E-state index in [9.17, 15) is 8.42 Å². The van der Waals surface area contributed by atoms with Crippen molar-refractivity contribution in [1.29, 1.82) is 0 Å². The summed E-state index contributed by atoms with van der Waals surface area (Å²) in [6.07, 6.45) is 1.04. The second kappa shape index (κ2) is 7.68. The molecular formula is C20H27N2O2S+. The number of piperazine rings is 1. The molecule has 4 nitrogen and oxygen atoms in total. The molecule has 0 aliphatic carbocycles. The molecule has 2 aromatic rings. The van der Waals surface area contributed by atoms with Crippen LogP contribution in [-0.4, -0.2) is 45.4 Å². The summed E-state index contributed by atoms with van der Waals surface area (Å²) >= 11 is 0.